The van der Waals surface area contributed by atoms with Crippen molar-refractivity contribution >= 4 is 38.3 Å². The van der Waals surface area contributed by atoms with Crippen molar-refractivity contribution in [3.05, 3.63) is 47.5 Å². The Bertz CT molecular complexity index is 999. The molecule has 2 N–H and O–H groups in total. The quantitative estimate of drug-likeness (QED) is 0.438. The second kappa shape index (κ2) is 10.9. The smallest absolute Gasteiger partial charge is 0.269 e. The molecule has 3 rings (SSSR count). The Labute approximate surface area is 186 Å². The summed E-state index contributed by atoms with van der Waals surface area (Å²) < 4.78 is 16.8. The van der Waals surface area contributed by atoms with Crippen LogP contribution in [0.5, 0.6) is 5.75 Å². The summed E-state index contributed by atoms with van der Waals surface area (Å²) in [6.07, 6.45) is 0. The highest BCUT2D eigenvalue weighted by Gasteiger charge is 2.13. The number of amides is 1. The number of carbonyl (C=O) groups excluding carboxylic acids is 1. The van der Waals surface area contributed by atoms with Crippen LogP contribution in [0.1, 0.15) is 15.9 Å². The number of nitrogens with one attached hydrogen (secondary N) is 2. The monoisotopic (exact) mass is 444 g/mol. The minimum atomic E-state index is -0.241. The van der Waals surface area contributed by atoms with Crippen LogP contribution in [0.3, 0.4) is 0 Å². The lowest BCUT2D eigenvalue weighted by atomic mass is 10.2. The van der Waals surface area contributed by atoms with Gasteiger partial charge in [-0.05, 0) is 42.8 Å². The first-order valence-corrected chi connectivity index (χ1v) is 10.7. The summed E-state index contributed by atoms with van der Waals surface area (Å²) in [6, 6.07) is 11.3. The van der Waals surface area contributed by atoms with Crippen LogP contribution in [-0.4, -0.2) is 58.5 Å². The molecule has 0 fully saturated rings. The lowest BCUT2D eigenvalue weighted by Gasteiger charge is -2.24. The topological polar surface area (TPSA) is 85.0 Å². The van der Waals surface area contributed by atoms with Crippen LogP contribution in [0, 0.1) is 6.92 Å². The minimum absolute atomic E-state index is 0.241. The number of ether oxygens (including phenoxy) is 3. The van der Waals surface area contributed by atoms with E-state index in [0.29, 0.717) is 29.7 Å². The number of hydrazine groups is 1. The zero-order chi connectivity index (χ0) is 22.2. The Morgan fingerprint density at radius 1 is 1.03 bits per heavy atom. The number of hydrogen-bond acceptors (Lipinski definition) is 8. The SMILES string of the molecule is COCCN(CCOC)c1ccc(C(=O)NNc2nc3c(OC)ccc(C)c3s2)cc1. The summed E-state index contributed by atoms with van der Waals surface area (Å²) in [5.74, 6) is 0.466. The normalized spacial score (nSPS) is 10.8. The number of methoxy groups -OCH3 is 3. The maximum Gasteiger partial charge on any atom is 0.269 e. The molecule has 0 saturated carbocycles. The molecule has 0 saturated heterocycles. The number of thiazole rings is 1. The number of benzene rings is 2. The fraction of sp³-hybridized carbons (Fsp3) is 0.364. The zero-order valence-corrected chi connectivity index (χ0v) is 19.0. The molecule has 9 heteroatoms. The molecule has 0 unspecified atom stereocenters. The second-order valence-electron chi connectivity index (χ2n) is 6.88. The average Bonchev–Trinajstić information content (AvgIpc) is 3.23. The lowest BCUT2D eigenvalue weighted by Crippen LogP contribution is -2.31. The summed E-state index contributed by atoms with van der Waals surface area (Å²) in [5.41, 5.74) is 9.07. The minimum Gasteiger partial charge on any atom is -0.494 e. The van der Waals surface area contributed by atoms with Crippen LogP contribution < -0.4 is 20.5 Å². The van der Waals surface area contributed by atoms with Crippen molar-refractivity contribution in [2.24, 2.45) is 0 Å². The summed E-state index contributed by atoms with van der Waals surface area (Å²) in [6.45, 7) is 4.73. The number of nitrogens with zero attached hydrogens (tertiary/aromatic N) is 2. The molecule has 0 bridgehead atoms. The molecule has 0 aliphatic heterocycles. The fourth-order valence-electron chi connectivity index (χ4n) is 3.11. The predicted molar refractivity (Wildman–Crippen MR) is 124 cm³/mol. The third-order valence-electron chi connectivity index (χ3n) is 4.83. The van der Waals surface area contributed by atoms with Gasteiger partial charge in [0.15, 0.2) is 0 Å². The number of aromatic nitrogens is 1. The maximum absolute atomic E-state index is 12.6. The van der Waals surface area contributed by atoms with Gasteiger partial charge in [-0.15, -0.1) is 0 Å². The molecule has 166 valence electrons. The molecule has 8 nitrogen and oxygen atoms in total. The highest BCUT2D eigenvalue weighted by Crippen LogP contribution is 2.34. The van der Waals surface area contributed by atoms with Crippen LogP contribution in [0.25, 0.3) is 10.2 Å². The Morgan fingerprint density at radius 2 is 1.71 bits per heavy atom. The van der Waals surface area contributed by atoms with E-state index in [0.717, 1.165) is 34.6 Å². The Hall–Kier alpha value is -2.88. The molecule has 31 heavy (non-hydrogen) atoms. The molecule has 3 aromatic rings. The van der Waals surface area contributed by atoms with E-state index in [1.165, 1.54) is 11.3 Å². The summed E-state index contributed by atoms with van der Waals surface area (Å²) in [7, 11) is 4.98. The van der Waals surface area contributed by atoms with Gasteiger partial charge in [-0.2, -0.15) is 0 Å². The summed E-state index contributed by atoms with van der Waals surface area (Å²) in [5, 5.41) is 0.595. The largest absolute Gasteiger partial charge is 0.494 e. The van der Waals surface area contributed by atoms with E-state index in [1.54, 1.807) is 33.5 Å². The zero-order valence-electron chi connectivity index (χ0n) is 18.2. The van der Waals surface area contributed by atoms with Gasteiger partial charge in [0.1, 0.15) is 11.3 Å². The van der Waals surface area contributed by atoms with Gasteiger partial charge in [-0.1, -0.05) is 17.4 Å². The second-order valence-corrected chi connectivity index (χ2v) is 7.88. The van der Waals surface area contributed by atoms with Crippen molar-refractivity contribution in [3.8, 4) is 5.75 Å². The van der Waals surface area contributed by atoms with E-state index < -0.39 is 0 Å². The van der Waals surface area contributed by atoms with Crippen LogP contribution in [0.4, 0.5) is 10.8 Å². The highest BCUT2D eigenvalue weighted by molar-refractivity contribution is 7.22. The fourth-order valence-corrected chi connectivity index (χ4v) is 4.01. The maximum atomic E-state index is 12.6. The van der Waals surface area contributed by atoms with Gasteiger partial charge >= 0.3 is 0 Å². The Balaban J connectivity index is 1.65. The first-order chi connectivity index (χ1) is 15.1. The molecular weight excluding hydrogens is 416 g/mol. The van der Waals surface area contributed by atoms with Crippen molar-refractivity contribution in [1.29, 1.82) is 0 Å². The highest BCUT2D eigenvalue weighted by atomic mass is 32.1. The molecule has 0 spiro atoms. The van der Waals surface area contributed by atoms with Crippen molar-refractivity contribution < 1.29 is 19.0 Å². The van der Waals surface area contributed by atoms with E-state index in [1.807, 2.05) is 31.2 Å². The predicted octanol–water partition coefficient (Wildman–Crippen LogP) is 3.47. The van der Waals surface area contributed by atoms with Gasteiger partial charge in [0.05, 0.1) is 25.0 Å². The van der Waals surface area contributed by atoms with Crippen LogP contribution in [-0.2, 0) is 9.47 Å². The first kappa shape index (κ1) is 22.8. The van der Waals surface area contributed by atoms with Crippen molar-refractivity contribution in [2.75, 3.05) is 58.0 Å². The molecule has 0 radical (unpaired) electrons. The van der Waals surface area contributed by atoms with E-state index in [9.17, 15) is 4.79 Å². The van der Waals surface area contributed by atoms with Crippen LogP contribution in [0.2, 0.25) is 0 Å². The summed E-state index contributed by atoms with van der Waals surface area (Å²) in [4.78, 5) is 19.3. The number of anilines is 2. The molecule has 0 aliphatic carbocycles. The summed E-state index contributed by atoms with van der Waals surface area (Å²) >= 11 is 1.46. The number of carbonyl (C=O) groups is 1. The standard InChI is InChI=1S/C22H28N4O4S/c1-15-5-10-18(30-4)19-20(15)31-22(23-19)25-24-21(27)16-6-8-17(9-7-16)26(11-13-28-2)12-14-29-3/h5-10H,11-14H2,1-4H3,(H,23,25)(H,24,27). The van der Waals surface area contributed by atoms with Gasteiger partial charge in [0, 0.05) is 38.6 Å². The van der Waals surface area contributed by atoms with E-state index in [4.69, 9.17) is 14.2 Å². The van der Waals surface area contributed by atoms with Crippen molar-refractivity contribution in [2.45, 2.75) is 6.92 Å². The van der Waals surface area contributed by atoms with Gasteiger partial charge in [-0.3, -0.25) is 15.6 Å². The number of rotatable bonds is 11. The molecule has 2 aromatic carbocycles. The van der Waals surface area contributed by atoms with Gasteiger partial charge in [0.2, 0.25) is 5.13 Å². The molecule has 0 atom stereocenters. The molecule has 1 amide bonds. The molecule has 1 heterocycles. The first-order valence-electron chi connectivity index (χ1n) is 9.90. The van der Waals surface area contributed by atoms with Crippen molar-refractivity contribution in [1.82, 2.24) is 10.4 Å². The third-order valence-corrected chi connectivity index (χ3v) is 5.94. The number of fused-ring (bicyclic) bond motifs is 1. The molecular formula is C22H28N4O4S. The van der Waals surface area contributed by atoms with Crippen LogP contribution >= 0.6 is 11.3 Å². The number of hydrogen-bond donors (Lipinski definition) is 2. The Kier molecular flexibility index (Phi) is 8.05. The average molecular weight is 445 g/mol. The molecule has 1 aromatic heterocycles. The number of aryl methyl sites for hydroxylation is 1. The van der Waals surface area contributed by atoms with Gasteiger partial charge in [0.25, 0.3) is 5.91 Å². The third kappa shape index (κ3) is 5.63. The Morgan fingerprint density at radius 3 is 2.32 bits per heavy atom. The van der Waals surface area contributed by atoms with Gasteiger partial charge in [-0.25, -0.2) is 4.98 Å². The van der Waals surface area contributed by atoms with E-state index in [2.05, 4.69) is 20.7 Å². The van der Waals surface area contributed by atoms with Gasteiger partial charge < -0.3 is 19.1 Å². The molecule has 0 aliphatic rings. The van der Waals surface area contributed by atoms with E-state index in [-0.39, 0.29) is 5.91 Å². The van der Waals surface area contributed by atoms with Crippen molar-refractivity contribution in [3.63, 3.8) is 0 Å². The van der Waals surface area contributed by atoms with E-state index >= 15 is 0 Å². The van der Waals surface area contributed by atoms with Crippen LogP contribution in [0.15, 0.2) is 36.4 Å². The lowest BCUT2D eigenvalue weighted by molar-refractivity contribution is 0.0962.